The Kier molecular flexibility index (Phi) is 4.20. The molecule has 1 N–H and O–H groups in total. The van der Waals surface area contributed by atoms with Crippen molar-refractivity contribution in [2.24, 2.45) is 0 Å². The van der Waals surface area contributed by atoms with Crippen molar-refractivity contribution in [2.75, 3.05) is 0 Å². The highest BCUT2D eigenvalue weighted by molar-refractivity contribution is 7.92. The van der Waals surface area contributed by atoms with Crippen LogP contribution in [0.4, 0.5) is 4.39 Å². The van der Waals surface area contributed by atoms with E-state index in [1.807, 2.05) is 0 Å². The predicted molar refractivity (Wildman–Crippen MR) is 106 cm³/mol. The van der Waals surface area contributed by atoms with E-state index in [-0.39, 0.29) is 23.7 Å². The Hall–Kier alpha value is -2.74. The highest BCUT2D eigenvalue weighted by Gasteiger charge is 2.47. The third-order valence-corrected chi connectivity index (χ3v) is 8.35. The van der Waals surface area contributed by atoms with Crippen molar-refractivity contribution in [2.45, 2.75) is 47.9 Å². The van der Waals surface area contributed by atoms with Crippen LogP contribution in [0.25, 0.3) is 10.9 Å². The number of hydrogen-bond acceptors (Lipinski definition) is 4. The van der Waals surface area contributed by atoms with Gasteiger partial charge in [-0.3, -0.25) is 9.89 Å². The number of aromatic nitrogens is 2. The van der Waals surface area contributed by atoms with Gasteiger partial charge in [-0.05, 0) is 56.0 Å². The fraction of sp³-hybridized carbons (Fsp3) is 0.333. The molecule has 5 rings (SSSR count). The molecule has 2 unspecified atom stereocenters. The number of rotatable bonds is 3. The maximum Gasteiger partial charge on any atom is 0.275 e. The molecule has 3 aromatic rings. The second kappa shape index (κ2) is 6.66. The standard InChI is InChI=1S/C21H20FN3O3S/c22-13-6-9-18-19(10-13)23-24-20(18)21(26)25-14-7-8-15(25)12-17(11-14)29(27,28)16-4-2-1-3-5-16/h1-6,9-10,14-15,17H,7-8,11-12H2,(H,23,24). The van der Waals surface area contributed by atoms with Crippen LogP contribution in [-0.2, 0) is 9.84 Å². The molecule has 2 fully saturated rings. The molecule has 2 aromatic carbocycles. The Labute approximate surface area is 167 Å². The van der Waals surface area contributed by atoms with Gasteiger partial charge in [0.1, 0.15) is 5.82 Å². The number of benzene rings is 2. The van der Waals surface area contributed by atoms with E-state index in [9.17, 15) is 17.6 Å². The predicted octanol–water partition coefficient (Wildman–Crippen LogP) is 3.31. The fourth-order valence-corrected chi connectivity index (χ4v) is 6.66. The zero-order chi connectivity index (χ0) is 20.2. The summed E-state index contributed by atoms with van der Waals surface area (Å²) in [5.41, 5.74) is 0.739. The quantitative estimate of drug-likeness (QED) is 0.714. The van der Waals surface area contributed by atoms with Gasteiger partial charge >= 0.3 is 0 Å². The first-order chi connectivity index (χ1) is 13.9. The first-order valence-corrected chi connectivity index (χ1v) is 11.2. The lowest BCUT2D eigenvalue weighted by Crippen LogP contribution is -2.49. The molecular weight excluding hydrogens is 393 g/mol. The molecule has 29 heavy (non-hydrogen) atoms. The van der Waals surface area contributed by atoms with Crippen molar-refractivity contribution in [1.29, 1.82) is 0 Å². The van der Waals surface area contributed by atoms with Crippen molar-refractivity contribution in [1.82, 2.24) is 15.1 Å². The molecule has 3 heterocycles. The largest absolute Gasteiger partial charge is 0.331 e. The summed E-state index contributed by atoms with van der Waals surface area (Å²) in [4.78, 5) is 15.4. The van der Waals surface area contributed by atoms with Crippen LogP contribution in [-0.4, -0.2) is 46.8 Å². The van der Waals surface area contributed by atoms with Crippen molar-refractivity contribution in [3.05, 3.63) is 60.0 Å². The number of nitrogens with zero attached hydrogens (tertiary/aromatic N) is 2. The third-order valence-electron chi connectivity index (χ3n) is 6.16. The molecule has 0 saturated carbocycles. The number of H-pyrrole nitrogens is 1. The summed E-state index contributed by atoms with van der Waals surface area (Å²) >= 11 is 0. The van der Waals surface area contributed by atoms with E-state index in [0.717, 1.165) is 12.8 Å². The van der Waals surface area contributed by atoms with Crippen LogP contribution in [0, 0.1) is 5.82 Å². The molecular formula is C21H20FN3O3S. The third kappa shape index (κ3) is 2.93. The zero-order valence-corrected chi connectivity index (χ0v) is 16.4. The van der Waals surface area contributed by atoms with Gasteiger partial charge in [0.25, 0.3) is 5.91 Å². The molecule has 1 amide bonds. The van der Waals surface area contributed by atoms with E-state index in [0.29, 0.717) is 28.6 Å². The molecule has 1 aromatic heterocycles. The minimum atomic E-state index is -3.43. The average Bonchev–Trinajstić information content (AvgIpc) is 3.25. The van der Waals surface area contributed by atoms with Crippen LogP contribution >= 0.6 is 0 Å². The van der Waals surface area contributed by atoms with E-state index in [1.165, 1.54) is 12.1 Å². The number of halogens is 1. The van der Waals surface area contributed by atoms with Gasteiger partial charge in [-0.2, -0.15) is 5.10 Å². The van der Waals surface area contributed by atoms with Crippen molar-refractivity contribution in [3.8, 4) is 0 Å². The lowest BCUT2D eigenvalue weighted by atomic mass is 10.0. The summed E-state index contributed by atoms with van der Waals surface area (Å²) in [6.07, 6.45) is 2.43. The van der Waals surface area contributed by atoms with E-state index in [1.54, 1.807) is 41.3 Å². The fourth-order valence-electron chi connectivity index (χ4n) is 4.79. The normalized spacial score (nSPS) is 24.2. The number of amides is 1. The smallest absolute Gasteiger partial charge is 0.275 e. The monoisotopic (exact) mass is 413 g/mol. The van der Waals surface area contributed by atoms with Crippen LogP contribution in [0.1, 0.15) is 36.2 Å². The first kappa shape index (κ1) is 18.3. The number of fused-ring (bicyclic) bond motifs is 3. The van der Waals surface area contributed by atoms with E-state index < -0.39 is 20.9 Å². The summed E-state index contributed by atoms with van der Waals surface area (Å²) in [5.74, 6) is -0.613. The SMILES string of the molecule is O=C(c1n[nH]c2cc(F)ccc12)N1C2CCC1CC(S(=O)(=O)c1ccccc1)C2. The Morgan fingerprint density at radius 2 is 1.76 bits per heavy atom. The molecule has 6 nitrogen and oxygen atoms in total. The zero-order valence-electron chi connectivity index (χ0n) is 15.6. The summed E-state index contributed by atoms with van der Waals surface area (Å²) in [6, 6.07) is 12.4. The molecule has 0 aliphatic carbocycles. The minimum absolute atomic E-state index is 0.128. The van der Waals surface area contributed by atoms with Crippen molar-refractivity contribution in [3.63, 3.8) is 0 Å². The number of nitrogens with one attached hydrogen (secondary N) is 1. The van der Waals surface area contributed by atoms with Crippen LogP contribution in [0.3, 0.4) is 0 Å². The highest BCUT2D eigenvalue weighted by Crippen LogP contribution is 2.41. The van der Waals surface area contributed by atoms with Gasteiger partial charge in [-0.15, -0.1) is 0 Å². The Morgan fingerprint density at radius 3 is 2.45 bits per heavy atom. The van der Waals surface area contributed by atoms with Gasteiger partial charge in [-0.1, -0.05) is 18.2 Å². The number of aromatic amines is 1. The number of sulfone groups is 1. The molecule has 8 heteroatoms. The van der Waals surface area contributed by atoms with Gasteiger partial charge in [-0.25, -0.2) is 12.8 Å². The average molecular weight is 413 g/mol. The van der Waals surface area contributed by atoms with Gasteiger partial charge in [0, 0.05) is 17.5 Å². The number of carbonyl (C=O) groups excluding carboxylic acids is 1. The van der Waals surface area contributed by atoms with Crippen LogP contribution < -0.4 is 0 Å². The number of hydrogen-bond donors (Lipinski definition) is 1. The Morgan fingerprint density at radius 1 is 1.07 bits per heavy atom. The van der Waals surface area contributed by atoms with Gasteiger partial charge in [0.05, 0.1) is 15.7 Å². The van der Waals surface area contributed by atoms with Gasteiger partial charge in [0.15, 0.2) is 15.5 Å². The molecule has 0 radical (unpaired) electrons. The number of piperidine rings is 1. The molecule has 2 saturated heterocycles. The topological polar surface area (TPSA) is 83.1 Å². The van der Waals surface area contributed by atoms with E-state index in [2.05, 4.69) is 10.2 Å². The Bertz CT molecular complexity index is 1180. The molecule has 2 aliphatic heterocycles. The maximum absolute atomic E-state index is 13.4. The Balaban J connectivity index is 1.42. The molecule has 0 spiro atoms. The van der Waals surface area contributed by atoms with Crippen molar-refractivity contribution < 1.29 is 17.6 Å². The van der Waals surface area contributed by atoms with E-state index >= 15 is 0 Å². The van der Waals surface area contributed by atoms with Crippen LogP contribution in [0.2, 0.25) is 0 Å². The van der Waals surface area contributed by atoms with Crippen molar-refractivity contribution >= 4 is 26.6 Å². The first-order valence-electron chi connectivity index (χ1n) is 9.70. The van der Waals surface area contributed by atoms with Gasteiger partial charge < -0.3 is 4.90 Å². The summed E-state index contributed by atoms with van der Waals surface area (Å²) < 4.78 is 39.6. The minimum Gasteiger partial charge on any atom is -0.331 e. The van der Waals surface area contributed by atoms with Crippen LogP contribution in [0.5, 0.6) is 0 Å². The second-order valence-electron chi connectivity index (χ2n) is 7.81. The summed E-state index contributed by atoms with van der Waals surface area (Å²) in [7, 11) is -3.43. The summed E-state index contributed by atoms with van der Waals surface area (Å²) in [6.45, 7) is 0. The van der Waals surface area contributed by atoms with Gasteiger partial charge in [0.2, 0.25) is 0 Å². The molecule has 2 bridgehead atoms. The maximum atomic E-state index is 13.4. The van der Waals surface area contributed by atoms with Crippen LogP contribution in [0.15, 0.2) is 53.4 Å². The number of carbonyl (C=O) groups is 1. The highest BCUT2D eigenvalue weighted by atomic mass is 32.2. The van der Waals surface area contributed by atoms with E-state index in [4.69, 9.17) is 0 Å². The summed E-state index contributed by atoms with van der Waals surface area (Å²) in [5, 5.41) is 6.93. The molecule has 150 valence electrons. The lowest BCUT2D eigenvalue weighted by molar-refractivity contribution is 0.0594. The lowest BCUT2D eigenvalue weighted by Gasteiger charge is -2.38. The molecule has 2 atom stereocenters. The molecule has 2 aliphatic rings. The second-order valence-corrected chi connectivity index (χ2v) is 10.0.